The number of aliphatic hydroxyl groups is 1. The Labute approximate surface area is 125 Å². The molecule has 1 atom stereocenters. The van der Waals surface area contributed by atoms with Crippen LogP contribution in [0.1, 0.15) is 29.9 Å². The summed E-state index contributed by atoms with van der Waals surface area (Å²) < 4.78 is 37.6. The van der Waals surface area contributed by atoms with E-state index in [4.69, 9.17) is 5.11 Å². The SMILES string of the molecule is C[Si](C)(C)C#CCC(CCO)c1ccc(C(F)(F)F)cc1. The van der Waals surface area contributed by atoms with E-state index in [-0.39, 0.29) is 12.5 Å². The van der Waals surface area contributed by atoms with E-state index in [2.05, 4.69) is 31.1 Å². The molecule has 1 N–H and O–H groups in total. The molecule has 0 fully saturated rings. The fourth-order valence-corrected chi connectivity index (χ4v) is 2.56. The fraction of sp³-hybridized carbons (Fsp3) is 0.500. The van der Waals surface area contributed by atoms with Gasteiger partial charge in [-0.25, -0.2) is 0 Å². The van der Waals surface area contributed by atoms with Crippen LogP contribution in [0, 0.1) is 11.5 Å². The molecule has 1 unspecified atom stereocenters. The third-order valence-electron chi connectivity index (χ3n) is 3.00. The molecule has 0 saturated carbocycles. The second-order valence-corrected chi connectivity index (χ2v) is 10.8. The third-order valence-corrected chi connectivity index (χ3v) is 3.93. The van der Waals surface area contributed by atoms with Gasteiger partial charge in [-0.15, -0.1) is 11.5 Å². The van der Waals surface area contributed by atoms with E-state index in [0.29, 0.717) is 12.8 Å². The molecule has 0 amide bonds. The van der Waals surface area contributed by atoms with Gasteiger partial charge in [0.1, 0.15) is 8.07 Å². The van der Waals surface area contributed by atoms with Gasteiger partial charge in [-0.1, -0.05) is 31.8 Å². The van der Waals surface area contributed by atoms with Crippen molar-refractivity contribution < 1.29 is 18.3 Å². The Bertz CT molecular complexity index is 504. The average Bonchev–Trinajstić information content (AvgIpc) is 2.35. The first-order valence-corrected chi connectivity index (χ1v) is 10.4. The molecule has 0 aliphatic rings. The van der Waals surface area contributed by atoms with Gasteiger partial charge in [0.15, 0.2) is 0 Å². The van der Waals surface area contributed by atoms with Gasteiger partial charge in [-0.05, 0) is 30.0 Å². The zero-order valence-electron chi connectivity index (χ0n) is 12.6. The van der Waals surface area contributed by atoms with Crippen LogP contribution < -0.4 is 0 Å². The number of hydrogen-bond donors (Lipinski definition) is 1. The molecular weight excluding hydrogens is 293 g/mol. The van der Waals surface area contributed by atoms with Gasteiger partial charge in [-0.2, -0.15) is 13.2 Å². The zero-order valence-corrected chi connectivity index (χ0v) is 13.6. The molecule has 1 rings (SSSR count). The minimum atomic E-state index is -4.32. The van der Waals surface area contributed by atoms with Crippen molar-refractivity contribution in [1.29, 1.82) is 0 Å². The first kappa shape index (κ1) is 17.8. The Morgan fingerprint density at radius 2 is 1.71 bits per heavy atom. The van der Waals surface area contributed by atoms with Gasteiger partial charge in [0, 0.05) is 13.0 Å². The molecule has 116 valence electrons. The first-order valence-electron chi connectivity index (χ1n) is 6.91. The number of rotatable bonds is 4. The summed E-state index contributed by atoms with van der Waals surface area (Å²) in [4.78, 5) is 0. The molecule has 0 radical (unpaired) electrons. The van der Waals surface area contributed by atoms with Gasteiger partial charge in [0.2, 0.25) is 0 Å². The van der Waals surface area contributed by atoms with E-state index in [1.807, 2.05) is 0 Å². The van der Waals surface area contributed by atoms with Crippen LogP contribution in [0.15, 0.2) is 24.3 Å². The number of benzene rings is 1. The summed E-state index contributed by atoms with van der Waals surface area (Å²) in [5.74, 6) is 3.11. The molecule has 0 bridgehead atoms. The monoisotopic (exact) mass is 314 g/mol. The van der Waals surface area contributed by atoms with Crippen molar-refractivity contribution in [3.63, 3.8) is 0 Å². The van der Waals surface area contributed by atoms with Crippen molar-refractivity contribution in [2.45, 2.75) is 44.6 Å². The maximum absolute atomic E-state index is 12.5. The molecule has 0 aliphatic heterocycles. The van der Waals surface area contributed by atoms with Gasteiger partial charge >= 0.3 is 6.18 Å². The van der Waals surface area contributed by atoms with Crippen LogP contribution in [0.5, 0.6) is 0 Å². The predicted octanol–water partition coefficient (Wildman–Crippen LogP) is 4.44. The average molecular weight is 314 g/mol. The number of alkyl halides is 3. The van der Waals surface area contributed by atoms with E-state index < -0.39 is 19.8 Å². The zero-order chi connectivity index (χ0) is 16.1. The lowest BCUT2D eigenvalue weighted by molar-refractivity contribution is -0.137. The summed E-state index contributed by atoms with van der Waals surface area (Å²) in [6.45, 7) is 6.41. The lowest BCUT2D eigenvalue weighted by Gasteiger charge is -2.15. The fourth-order valence-electron chi connectivity index (χ4n) is 1.93. The normalized spacial score (nSPS) is 13.5. The molecule has 0 saturated heterocycles. The van der Waals surface area contributed by atoms with Gasteiger partial charge < -0.3 is 5.11 Å². The van der Waals surface area contributed by atoms with E-state index in [9.17, 15) is 13.2 Å². The van der Waals surface area contributed by atoms with E-state index >= 15 is 0 Å². The van der Waals surface area contributed by atoms with Crippen LogP contribution in [0.2, 0.25) is 19.6 Å². The standard InChI is InChI=1S/C16H21F3OSi/c1-21(2,3)12-4-5-13(10-11-20)14-6-8-15(9-7-14)16(17,18)19/h6-9,13,20H,5,10-11H2,1-3H3. The maximum atomic E-state index is 12.5. The lowest BCUT2D eigenvalue weighted by Crippen LogP contribution is -2.16. The minimum Gasteiger partial charge on any atom is -0.396 e. The second-order valence-electron chi connectivity index (χ2n) is 6.08. The van der Waals surface area contributed by atoms with Crippen molar-refractivity contribution in [3.8, 4) is 11.5 Å². The largest absolute Gasteiger partial charge is 0.416 e. The second kappa shape index (κ2) is 7.14. The first-order chi connectivity index (χ1) is 9.63. The molecule has 0 heterocycles. The van der Waals surface area contributed by atoms with Crippen molar-refractivity contribution >= 4 is 8.07 Å². The highest BCUT2D eigenvalue weighted by Gasteiger charge is 2.30. The van der Waals surface area contributed by atoms with Crippen molar-refractivity contribution in [2.24, 2.45) is 0 Å². The molecule has 0 spiro atoms. The van der Waals surface area contributed by atoms with Crippen LogP contribution in [-0.2, 0) is 6.18 Å². The van der Waals surface area contributed by atoms with Gasteiger partial charge in [-0.3, -0.25) is 0 Å². The number of halogens is 3. The van der Waals surface area contributed by atoms with E-state index in [1.54, 1.807) is 0 Å². The Hall–Kier alpha value is -1.25. The lowest BCUT2D eigenvalue weighted by atomic mass is 9.92. The van der Waals surface area contributed by atoms with Gasteiger partial charge in [0.05, 0.1) is 5.56 Å². The Morgan fingerprint density at radius 3 is 2.14 bits per heavy atom. The number of aliphatic hydroxyl groups excluding tert-OH is 1. The van der Waals surface area contributed by atoms with Crippen LogP contribution in [0.3, 0.4) is 0 Å². The highest BCUT2D eigenvalue weighted by atomic mass is 28.3. The summed E-state index contributed by atoms with van der Waals surface area (Å²) in [6.07, 6.45) is -3.25. The molecule has 1 aromatic carbocycles. The van der Waals surface area contributed by atoms with Crippen molar-refractivity contribution in [3.05, 3.63) is 35.4 Å². The maximum Gasteiger partial charge on any atom is 0.416 e. The molecule has 21 heavy (non-hydrogen) atoms. The van der Waals surface area contributed by atoms with Crippen LogP contribution in [0.4, 0.5) is 13.2 Å². The summed E-state index contributed by atoms with van der Waals surface area (Å²) in [5.41, 5.74) is 3.39. The summed E-state index contributed by atoms with van der Waals surface area (Å²) in [6, 6.07) is 5.15. The molecule has 5 heteroatoms. The van der Waals surface area contributed by atoms with E-state index in [0.717, 1.165) is 17.7 Å². The molecule has 1 aromatic rings. The van der Waals surface area contributed by atoms with Gasteiger partial charge in [0.25, 0.3) is 0 Å². The Kier molecular flexibility index (Phi) is 6.06. The summed E-state index contributed by atoms with van der Waals surface area (Å²) in [7, 11) is -1.45. The highest BCUT2D eigenvalue weighted by Crippen LogP contribution is 2.31. The Balaban J connectivity index is 2.87. The minimum absolute atomic E-state index is 0.000313. The smallest absolute Gasteiger partial charge is 0.396 e. The number of hydrogen-bond acceptors (Lipinski definition) is 1. The predicted molar refractivity (Wildman–Crippen MR) is 81.6 cm³/mol. The van der Waals surface area contributed by atoms with Crippen molar-refractivity contribution in [1.82, 2.24) is 0 Å². The van der Waals surface area contributed by atoms with Crippen LogP contribution in [-0.4, -0.2) is 19.8 Å². The Morgan fingerprint density at radius 1 is 1.14 bits per heavy atom. The third kappa shape index (κ3) is 6.36. The summed E-state index contributed by atoms with van der Waals surface area (Å²) >= 11 is 0. The van der Waals surface area contributed by atoms with Crippen LogP contribution >= 0.6 is 0 Å². The highest BCUT2D eigenvalue weighted by molar-refractivity contribution is 6.83. The quantitative estimate of drug-likeness (QED) is 0.643. The molecule has 0 aromatic heterocycles. The van der Waals surface area contributed by atoms with Crippen LogP contribution in [0.25, 0.3) is 0 Å². The summed E-state index contributed by atoms with van der Waals surface area (Å²) in [5, 5.41) is 9.12. The molecule has 1 nitrogen and oxygen atoms in total. The topological polar surface area (TPSA) is 20.2 Å². The van der Waals surface area contributed by atoms with Crippen molar-refractivity contribution in [2.75, 3.05) is 6.61 Å². The molecular formula is C16H21F3OSi. The molecule has 0 aliphatic carbocycles. The van der Waals surface area contributed by atoms with E-state index in [1.165, 1.54) is 12.1 Å².